The number of piperazine rings is 1. The molecule has 1 N–H and O–H groups in total. The van der Waals surface area contributed by atoms with E-state index in [1.54, 1.807) is 11.3 Å². The topological polar surface area (TPSA) is 48.5 Å². The van der Waals surface area contributed by atoms with Gasteiger partial charge in [0.25, 0.3) is 0 Å². The molecule has 0 saturated carbocycles. The van der Waals surface area contributed by atoms with Crippen molar-refractivity contribution >= 4 is 56.0 Å². The van der Waals surface area contributed by atoms with E-state index >= 15 is 0 Å². The summed E-state index contributed by atoms with van der Waals surface area (Å²) in [5, 5.41) is 4.86. The van der Waals surface area contributed by atoms with Crippen molar-refractivity contribution in [3.8, 4) is 0 Å². The Kier molecular flexibility index (Phi) is 7.72. The van der Waals surface area contributed by atoms with E-state index in [0.29, 0.717) is 17.3 Å². The van der Waals surface area contributed by atoms with Gasteiger partial charge in [-0.2, -0.15) is 0 Å². The normalized spacial score (nSPS) is 14.8. The third kappa shape index (κ3) is 6.13. The van der Waals surface area contributed by atoms with Crippen LogP contribution in [0.3, 0.4) is 0 Å². The summed E-state index contributed by atoms with van der Waals surface area (Å²) in [6, 6.07) is 14.1. The van der Waals surface area contributed by atoms with Gasteiger partial charge in [-0.15, -0.1) is 11.8 Å². The Morgan fingerprint density at radius 2 is 1.94 bits per heavy atom. The van der Waals surface area contributed by atoms with Crippen LogP contribution >= 0.6 is 34.7 Å². The minimum absolute atomic E-state index is 0.0690. The Balaban J connectivity index is 1.17. The van der Waals surface area contributed by atoms with Gasteiger partial charge in [-0.05, 0) is 48.4 Å². The molecule has 0 spiro atoms. The number of hydrogen-bond donors (Lipinski definition) is 1. The van der Waals surface area contributed by atoms with Gasteiger partial charge >= 0.3 is 0 Å². The number of aryl methyl sites for hydroxylation is 1. The van der Waals surface area contributed by atoms with E-state index in [-0.39, 0.29) is 5.91 Å². The zero-order valence-corrected chi connectivity index (χ0v) is 20.0. The third-order valence-electron chi connectivity index (χ3n) is 5.43. The van der Waals surface area contributed by atoms with Crippen molar-refractivity contribution in [1.82, 2.24) is 15.2 Å². The number of aromatic nitrogens is 1. The number of benzene rings is 2. The Hall–Kier alpha value is -1.80. The number of thioether (sulfide) groups is 1. The van der Waals surface area contributed by atoms with Crippen LogP contribution in [-0.2, 0) is 11.2 Å². The number of amides is 1. The highest BCUT2D eigenvalue weighted by Crippen LogP contribution is 2.30. The number of fused-ring (bicyclic) bond motifs is 1. The van der Waals surface area contributed by atoms with Crippen LogP contribution < -0.4 is 10.2 Å². The number of thiazole rings is 1. The lowest BCUT2D eigenvalue weighted by Gasteiger charge is -2.34. The lowest BCUT2D eigenvalue weighted by atomic mass is 10.2. The highest BCUT2D eigenvalue weighted by molar-refractivity contribution is 8.00. The van der Waals surface area contributed by atoms with Crippen molar-refractivity contribution in [2.75, 3.05) is 49.9 Å². The number of nitrogens with one attached hydrogen (secondary N) is 1. The second-order valence-corrected chi connectivity index (χ2v) is 10.1. The van der Waals surface area contributed by atoms with Gasteiger partial charge in [-0.3, -0.25) is 9.69 Å². The van der Waals surface area contributed by atoms with Gasteiger partial charge in [0.1, 0.15) is 0 Å². The zero-order valence-electron chi connectivity index (χ0n) is 17.6. The summed E-state index contributed by atoms with van der Waals surface area (Å²) in [4.78, 5) is 22.8. The smallest absolute Gasteiger partial charge is 0.230 e. The summed E-state index contributed by atoms with van der Waals surface area (Å²) in [6.45, 7) is 7.67. The molecule has 5 nitrogen and oxygen atoms in total. The van der Waals surface area contributed by atoms with E-state index in [9.17, 15) is 4.79 Å². The highest BCUT2D eigenvalue weighted by Gasteiger charge is 2.19. The molecule has 1 fully saturated rings. The van der Waals surface area contributed by atoms with Crippen LogP contribution in [0.2, 0.25) is 5.02 Å². The van der Waals surface area contributed by atoms with Crippen molar-refractivity contribution in [3.63, 3.8) is 0 Å². The van der Waals surface area contributed by atoms with Gasteiger partial charge in [-0.1, -0.05) is 35.9 Å². The predicted molar refractivity (Wildman–Crippen MR) is 133 cm³/mol. The van der Waals surface area contributed by atoms with E-state index in [1.807, 2.05) is 24.3 Å². The summed E-state index contributed by atoms with van der Waals surface area (Å²) in [7, 11) is 0. The summed E-state index contributed by atoms with van der Waals surface area (Å²) in [5.74, 6) is 0.492. The van der Waals surface area contributed by atoms with Crippen LogP contribution in [-0.4, -0.2) is 60.8 Å². The first-order valence-corrected chi connectivity index (χ1v) is 12.8. The first-order chi connectivity index (χ1) is 15.1. The summed E-state index contributed by atoms with van der Waals surface area (Å²) in [5.41, 5.74) is 2.46. The lowest BCUT2D eigenvalue weighted by Crippen LogP contribution is -2.48. The molecule has 1 aliphatic rings. The molecule has 2 aromatic carbocycles. The predicted octanol–water partition coefficient (Wildman–Crippen LogP) is 4.54. The number of halogens is 1. The molecule has 0 aliphatic carbocycles. The first-order valence-electron chi connectivity index (χ1n) is 10.6. The van der Waals surface area contributed by atoms with Gasteiger partial charge < -0.3 is 10.2 Å². The molecular formula is C23H27ClN4OS2. The number of hydrogen-bond acceptors (Lipinski definition) is 6. The number of nitrogens with zero attached hydrogens (tertiary/aromatic N) is 3. The molecule has 1 saturated heterocycles. The van der Waals surface area contributed by atoms with Gasteiger partial charge in [0, 0.05) is 49.2 Å². The Labute approximate surface area is 196 Å². The second-order valence-electron chi connectivity index (χ2n) is 7.57. The molecular weight excluding hydrogens is 448 g/mol. The van der Waals surface area contributed by atoms with E-state index in [1.165, 1.54) is 22.0 Å². The quantitative estimate of drug-likeness (QED) is 0.485. The maximum Gasteiger partial charge on any atom is 0.230 e. The molecule has 1 aliphatic heterocycles. The maximum atomic E-state index is 12.1. The molecule has 0 radical (unpaired) electrons. The van der Waals surface area contributed by atoms with Gasteiger partial charge in [0.05, 0.1) is 16.0 Å². The second kappa shape index (κ2) is 10.7. The standard InChI is InChI=1S/C23H27ClN4OS2/c1-2-17-3-8-20-21(15-17)31-23(26-20)28-13-11-27(12-14-28)10-9-25-22(29)16-30-19-6-4-18(24)5-7-19/h3-8,15H,2,9-14,16H2,1H3,(H,25,29). The number of carbonyl (C=O) groups is 1. The molecule has 31 heavy (non-hydrogen) atoms. The van der Waals surface area contributed by atoms with E-state index in [0.717, 1.165) is 54.7 Å². The van der Waals surface area contributed by atoms with Crippen LogP contribution in [0, 0.1) is 0 Å². The van der Waals surface area contributed by atoms with Crippen molar-refractivity contribution in [2.24, 2.45) is 0 Å². The van der Waals surface area contributed by atoms with E-state index < -0.39 is 0 Å². The third-order valence-corrected chi connectivity index (χ3v) is 7.77. The molecule has 3 aromatic rings. The summed E-state index contributed by atoms with van der Waals surface area (Å²) in [6.07, 6.45) is 1.05. The Morgan fingerprint density at radius 1 is 1.16 bits per heavy atom. The van der Waals surface area contributed by atoms with Crippen molar-refractivity contribution < 1.29 is 4.79 Å². The zero-order chi connectivity index (χ0) is 21.6. The summed E-state index contributed by atoms with van der Waals surface area (Å²) >= 11 is 9.21. The number of carbonyl (C=O) groups excluding carboxylic acids is 1. The monoisotopic (exact) mass is 474 g/mol. The van der Waals surface area contributed by atoms with Gasteiger partial charge in [0.2, 0.25) is 5.91 Å². The molecule has 0 unspecified atom stereocenters. The highest BCUT2D eigenvalue weighted by atomic mass is 35.5. The molecule has 4 rings (SSSR count). The van der Waals surface area contributed by atoms with Crippen LogP contribution in [0.15, 0.2) is 47.4 Å². The van der Waals surface area contributed by atoms with Crippen LogP contribution in [0.4, 0.5) is 5.13 Å². The van der Waals surface area contributed by atoms with E-state index in [4.69, 9.17) is 16.6 Å². The minimum atomic E-state index is 0.0690. The van der Waals surface area contributed by atoms with Crippen LogP contribution in [0.25, 0.3) is 10.2 Å². The molecule has 1 aromatic heterocycles. The Bertz CT molecular complexity index is 1020. The first kappa shape index (κ1) is 22.4. The summed E-state index contributed by atoms with van der Waals surface area (Å²) < 4.78 is 1.27. The van der Waals surface area contributed by atoms with Crippen molar-refractivity contribution in [2.45, 2.75) is 18.2 Å². The lowest BCUT2D eigenvalue weighted by molar-refractivity contribution is -0.118. The average Bonchev–Trinajstić information content (AvgIpc) is 3.22. The SMILES string of the molecule is CCc1ccc2nc(N3CCN(CCNC(=O)CSc4ccc(Cl)cc4)CC3)sc2c1. The molecule has 2 heterocycles. The van der Waals surface area contributed by atoms with Crippen molar-refractivity contribution in [3.05, 3.63) is 53.1 Å². The minimum Gasteiger partial charge on any atom is -0.354 e. The molecule has 8 heteroatoms. The Morgan fingerprint density at radius 3 is 2.68 bits per heavy atom. The van der Waals surface area contributed by atoms with Crippen LogP contribution in [0.1, 0.15) is 12.5 Å². The van der Waals surface area contributed by atoms with Gasteiger partial charge in [0.15, 0.2) is 5.13 Å². The number of rotatable bonds is 8. The van der Waals surface area contributed by atoms with Crippen LogP contribution in [0.5, 0.6) is 0 Å². The fraction of sp³-hybridized carbons (Fsp3) is 0.391. The van der Waals surface area contributed by atoms with Gasteiger partial charge in [-0.25, -0.2) is 4.98 Å². The fourth-order valence-electron chi connectivity index (χ4n) is 3.56. The molecule has 0 atom stereocenters. The van der Waals surface area contributed by atoms with E-state index in [2.05, 4.69) is 40.2 Å². The number of anilines is 1. The van der Waals surface area contributed by atoms with Crippen molar-refractivity contribution in [1.29, 1.82) is 0 Å². The average molecular weight is 475 g/mol. The fourth-order valence-corrected chi connectivity index (χ4v) is 5.49. The molecule has 0 bridgehead atoms. The molecule has 1 amide bonds. The largest absolute Gasteiger partial charge is 0.354 e. The molecule has 164 valence electrons. The maximum absolute atomic E-state index is 12.1.